The van der Waals surface area contributed by atoms with Crippen LogP contribution in [0.4, 0.5) is 13.2 Å². The van der Waals surface area contributed by atoms with E-state index in [1.54, 1.807) is 0 Å². The van der Waals surface area contributed by atoms with Gasteiger partial charge in [0, 0.05) is 18.7 Å². The van der Waals surface area contributed by atoms with Gasteiger partial charge in [-0.25, -0.2) is 4.79 Å². The Kier molecular flexibility index (Phi) is 7.99. The first-order valence-corrected chi connectivity index (χ1v) is 9.37. The fraction of sp³-hybridized carbons (Fsp3) is 0.450. The molecule has 2 N–H and O–H groups in total. The van der Waals surface area contributed by atoms with Gasteiger partial charge in [0.15, 0.2) is 0 Å². The maximum atomic E-state index is 11.8. The van der Waals surface area contributed by atoms with Gasteiger partial charge in [-0.05, 0) is 17.5 Å². The molecule has 164 valence electrons. The molecule has 0 radical (unpaired) electrons. The van der Waals surface area contributed by atoms with Crippen molar-refractivity contribution in [3.63, 3.8) is 0 Å². The molecule has 3 rings (SSSR count). The van der Waals surface area contributed by atoms with Gasteiger partial charge in [-0.3, -0.25) is 9.48 Å². The molecule has 10 heteroatoms. The highest BCUT2D eigenvalue weighted by molar-refractivity contribution is 5.77. The van der Waals surface area contributed by atoms with Crippen molar-refractivity contribution in [3.8, 4) is 0 Å². The number of carboxylic acid groups (broad SMARTS) is 1. The minimum absolute atomic E-state index is 0.0197. The number of benzene rings is 1. The van der Waals surface area contributed by atoms with Gasteiger partial charge < -0.3 is 15.2 Å². The molecule has 0 saturated heterocycles. The number of aromatic nitrogens is 2. The molecule has 30 heavy (non-hydrogen) atoms. The van der Waals surface area contributed by atoms with Crippen LogP contribution in [0.15, 0.2) is 36.5 Å². The van der Waals surface area contributed by atoms with Crippen molar-refractivity contribution < 1.29 is 32.6 Å². The third-order valence-electron chi connectivity index (χ3n) is 4.28. The smallest absolute Gasteiger partial charge is 0.475 e. The summed E-state index contributed by atoms with van der Waals surface area (Å²) in [7, 11) is 0. The number of nitrogens with zero attached hydrogens (tertiary/aromatic N) is 2. The number of ether oxygens (including phenoxy) is 1. The molecule has 2 heterocycles. The molecule has 0 aliphatic carbocycles. The van der Waals surface area contributed by atoms with Crippen molar-refractivity contribution in [2.75, 3.05) is 13.2 Å². The van der Waals surface area contributed by atoms with Crippen LogP contribution in [0.25, 0.3) is 0 Å². The highest BCUT2D eigenvalue weighted by Gasteiger charge is 2.38. The van der Waals surface area contributed by atoms with E-state index >= 15 is 0 Å². The number of carboxylic acids is 1. The maximum Gasteiger partial charge on any atom is 0.490 e. The highest BCUT2D eigenvalue weighted by Crippen LogP contribution is 2.25. The number of aliphatic carboxylic acids is 1. The fourth-order valence-electron chi connectivity index (χ4n) is 2.74. The number of amides is 1. The standard InChI is InChI=1S/C18H23N3O2.C2HF3O2/c1-13(2)18(22)19-10-16-17-15(8-9-23-16)12-21(20-17)11-14-6-4-3-5-7-14;3-2(4,5)1(6)7/h3-7,12-13,16H,8-11H2,1-2H3,(H,19,22);(H,6,7). The van der Waals surface area contributed by atoms with Crippen molar-refractivity contribution in [2.45, 2.75) is 39.1 Å². The first-order valence-electron chi connectivity index (χ1n) is 9.37. The van der Waals surface area contributed by atoms with Gasteiger partial charge >= 0.3 is 12.1 Å². The average Bonchev–Trinajstić information content (AvgIpc) is 3.09. The summed E-state index contributed by atoms with van der Waals surface area (Å²) < 4.78 is 39.5. The molecule has 0 spiro atoms. The monoisotopic (exact) mass is 427 g/mol. The van der Waals surface area contributed by atoms with Crippen LogP contribution in [0.3, 0.4) is 0 Å². The van der Waals surface area contributed by atoms with Crippen LogP contribution in [0.5, 0.6) is 0 Å². The molecule has 1 aliphatic rings. The third kappa shape index (κ3) is 6.87. The largest absolute Gasteiger partial charge is 0.490 e. The summed E-state index contributed by atoms with van der Waals surface area (Å²) in [5, 5.41) is 14.8. The molecule has 2 aromatic rings. The Morgan fingerprint density at radius 3 is 2.50 bits per heavy atom. The predicted molar refractivity (Wildman–Crippen MR) is 102 cm³/mol. The Morgan fingerprint density at radius 2 is 1.93 bits per heavy atom. The van der Waals surface area contributed by atoms with Crippen LogP contribution in [0.1, 0.15) is 36.8 Å². The van der Waals surface area contributed by atoms with E-state index in [2.05, 4.69) is 23.6 Å². The van der Waals surface area contributed by atoms with E-state index in [1.807, 2.05) is 36.7 Å². The number of hydrogen-bond acceptors (Lipinski definition) is 4. The van der Waals surface area contributed by atoms with E-state index in [9.17, 15) is 18.0 Å². The highest BCUT2D eigenvalue weighted by atomic mass is 19.4. The lowest BCUT2D eigenvalue weighted by atomic mass is 10.1. The number of hydrogen-bond donors (Lipinski definition) is 2. The molecule has 1 amide bonds. The molecule has 1 unspecified atom stereocenters. The van der Waals surface area contributed by atoms with Gasteiger partial charge in [0.05, 0.1) is 18.8 Å². The van der Waals surface area contributed by atoms with Crippen molar-refractivity contribution in [2.24, 2.45) is 5.92 Å². The molecule has 1 aromatic carbocycles. The first-order chi connectivity index (χ1) is 14.1. The molecule has 7 nitrogen and oxygen atoms in total. The van der Waals surface area contributed by atoms with Gasteiger partial charge in [0.1, 0.15) is 6.10 Å². The second-order valence-corrected chi connectivity index (χ2v) is 7.03. The van der Waals surface area contributed by atoms with Crippen LogP contribution in [-0.4, -0.2) is 46.1 Å². The number of carbonyl (C=O) groups is 2. The van der Waals surface area contributed by atoms with Crippen molar-refractivity contribution >= 4 is 11.9 Å². The molecular formula is C20H24F3N3O4. The normalized spacial score (nSPS) is 15.7. The molecule has 1 atom stereocenters. The van der Waals surface area contributed by atoms with E-state index in [0.717, 1.165) is 18.7 Å². The second-order valence-electron chi connectivity index (χ2n) is 7.03. The van der Waals surface area contributed by atoms with E-state index in [4.69, 9.17) is 19.7 Å². The van der Waals surface area contributed by atoms with Crippen molar-refractivity contribution in [1.82, 2.24) is 15.1 Å². The quantitative estimate of drug-likeness (QED) is 0.765. The maximum absolute atomic E-state index is 11.8. The summed E-state index contributed by atoms with van der Waals surface area (Å²) in [5.74, 6) is -2.73. The topological polar surface area (TPSA) is 93.5 Å². The molecule has 0 saturated carbocycles. The average molecular weight is 427 g/mol. The Labute approximate surface area is 171 Å². The summed E-state index contributed by atoms with van der Waals surface area (Å²) in [6, 6.07) is 10.3. The molecule has 0 bridgehead atoms. The lowest BCUT2D eigenvalue weighted by Crippen LogP contribution is -2.34. The predicted octanol–water partition coefficient (Wildman–Crippen LogP) is 2.95. The third-order valence-corrected chi connectivity index (χ3v) is 4.28. The number of alkyl halides is 3. The summed E-state index contributed by atoms with van der Waals surface area (Å²) in [6.45, 7) is 5.67. The zero-order valence-corrected chi connectivity index (χ0v) is 16.6. The summed E-state index contributed by atoms with van der Waals surface area (Å²) in [6.07, 6.45) is -2.26. The number of nitrogens with one attached hydrogen (secondary N) is 1. The SMILES string of the molecule is CC(C)C(=O)NCC1OCCc2cn(Cc3ccccc3)nc21.O=C(O)C(F)(F)F. The number of rotatable bonds is 5. The Hall–Kier alpha value is -2.88. The Balaban J connectivity index is 0.000000396. The number of carbonyl (C=O) groups excluding carboxylic acids is 1. The number of fused-ring (bicyclic) bond motifs is 1. The molecule has 1 aliphatic heterocycles. The summed E-state index contributed by atoms with van der Waals surface area (Å²) in [4.78, 5) is 20.6. The van der Waals surface area contributed by atoms with Gasteiger partial charge in [0.2, 0.25) is 5.91 Å². The lowest BCUT2D eigenvalue weighted by Gasteiger charge is -2.22. The van der Waals surface area contributed by atoms with Crippen LogP contribution in [-0.2, 0) is 27.3 Å². The second kappa shape index (κ2) is 10.2. The zero-order valence-electron chi connectivity index (χ0n) is 16.6. The summed E-state index contributed by atoms with van der Waals surface area (Å²) in [5.41, 5.74) is 3.39. The Bertz CT molecular complexity index is 851. The zero-order chi connectivity index (χ0) is 22.3. The van der Waals surface area contributed by atoms with Crippen molar-refractivity contribution in [1.29, 1.82) is 0 Å². The van der Waals surface area contributed by atoms with Crippen LogP contribution in [0, 0.1) is 5.92 Å². The number of halogens is 3. The summed E-state index contributed by atoms with van der Waals surface area (Å²) >= 11 is 0. The van der Waals surface area contributed by atoms with E-state index in [-0.39, 0.29) is 17.9 Å². The molecule has 1 aromatic heterocycles. The molecule has 0 fully saturated rings. The van der Waals surface area contributed by atoms with E-state index in [1.165, 1.54) is 11.1 Å². The van der Waals surface area contributed by atoms with Gasteiger partial charge in [-0.15, -0.1) is 0 Å². The van der Waals surface area contributed by atoms with Crippen molar-refractivity contribution in [3.05, 3.63) is 53.3 Å². The van der Waals surface area contributed by atoms with Gasteiger partial charge in [-0.1, -0.05) is 44.2 Å². The van der Waals surface area contributed by atoms with E-state index < -0.39 is 12.1 Å². The fourth-order valence-corrected chi connectivity index (χ4v) is 2.74. The first kappa shape index (κ1) is 23.4. The minimum atomic E-state index is -5.08. The minimum Gasteiger partial charge on any atom is -0.475 e. The van der Waals surface area contributed by atoms with Crippen LogP contribution >= 0.6 is 0 Å². The van der Waals surface area contributed by atoms with Crippen LogP contribution < -0.4 is 5.32 Å². The van der Waals surface area contributed by atoms with Crippen LogP contribution in [0.2, 0.25) is 0 Å². The van der Waals surface area contributed by atoms with E-state index in [0.29, 0.717) is 13.2 Å². The van der Waals surface area contributed by atoms with Gasteiger partial charge in [-0.2, -0.15) is 18.3 Å². The Morgan fingerprint density at radius 1 is 1.30 bits per heavy atom. The van der Waals surface area contributed by atoms with Gasteiger partial charge in [0.25, 0.3) is 0 Å². The lowest BCUT2D eigenvalue weighted by molar-refractivity contribution is -0.192. The molecular weight excluding hydrogens is 403 g/mol.